The Bertz CT molecular complexity index is 1510. The van der Waals surface area contributed by atoms with Crippen LogP contribution < -0.4 is 5.32 Å². The van der Waals surface area contributed by atoms with Gasteiger partial charge in [-0.1, -0.05) is 83.5 Å². The molecule has 1 aliphatic rings. The fourth-order valence-electron chi connectivity index (χ4n) is 4.99. The molecule has 9 heteroatoms. The van der Waals surface area contributed by atoms with Crippen LogP contribution in [0.5, 0.6) is 0 Å². The first kappa shape index (κ1) is 26.5. The molecule has 1 aromatic heterocycles. The largest absolute Gasteiger partial charge is 0.481 e. The molecule has 0 aliphatic carbocycles. The van der Waals surface area contributed by atoms with E-state index in [4.69, 9.17) is 20.9 Å². The minimum Gasteiger partial charge on any atom is -0.481 e. The number of likely N-dealkylation sites (N-methyl/N-ethyl adjacent to an activating group) is 1. The summed E-state index contributed by atoms with van der Waals surface area (Å²) < 4.78 is 11.1. The molecular formula is C30H28ClN3O5. The highest BCUT2D eigenvalue weighted by Crippen LogP contribution is 2.36. The van der Waals surface area contributed by atoms with Crippen LogP contribution in [-0.2, 0) is 14.9 Å². The Kier molecular flexibility index (Phi) is 7.16. The molecule has 8 nitrogen and oxygen atoms in total. The van der Waals surface area contributed by atoms with Gasteiger partial charge in [0.2, 0.25) is 0 Å². The minimum atomic E-state index is -0.850. The highest BCUT2D eigenvalue weighted by molar-refractivity contribution is 6.31. The maximum absolute atomic E-state index is 12.7. The van der Waals surface area contributed by atoms with Crippen molar-refractivity contribution < 1.29 is 24.0 Å². The van der Waals surface area contributed by atoms with E-state index in [2.05, 4.69) is 10.5 Å². The van der Waals surface area contributed by atoms with E-state index >= 15 is 0 Å². The van der Waals surface area contributed by atoms with Crippen LogP contribution in [0.1, 0.15) is 29.8 Å². The summed E-state index contributed by atoms with van der Waals surface area (Å²) in [6.07, 6.45) is -1.20. The molecule has 1 amide bonds. The smallest absolute Gasteiger partial charge is 0.412 e. The number of aliphatic carboxylic acids is 1. The van der Waals surface area contributed by atoms with Crippen molar-refractivity contribution in [3.63, 3.8) is 0 Å². The van der Waals surface area contributed by atoms with E-state index in [0.29, 0.717) is 40.8 Å². The predicted octanol–water partition coefficient (Wildman–Crippen LogP) is 6.55. The summed E-state index contributed by atoms with van der Waals surface area (Å²) in [5, 5.41) is 17.1. The summed E-state index contributed by atoms with van der Waals surface area (Å²) in [6, 6.07) is 22.5. The Morgan fingerprint density at radius 2 is 1.62 bits per heavy atom. The highest BCUT2D eigenvalue weighted by atomic mass is 35.5. The van der Waals surface area contributed by atoms with Gasteiger partial charge in [-0.2, -0.15) is 0 Å². The number of hydrogen-bond donors (Lipinski definition) is 2. The van der Waals surface area contributed by atoms with Crippen molar-refractivity contribution in [2.75, 3.05) is 25.5 Å². The summed E-state index contributed by atoms with van der Waals surface area (Å²) in [5.41, 5.74) is 4.25. The van der Waals surface area contributed by atoms with Crippen LogP contribution in [0.25, 0.3) is 22.5 Å². The van der Waals surface area contributed by atoms with Crippen LogP contribution >= 0.6 is 11.6 Å². The number of carboxylic acid groups (broad SMARTS) is 1. The molecule has 1 atom stereocenters. The monoisotopic (exact) mass is 545 g/mol. The number of likely N-dealkylation sites (tertiary alicyclic amines) is 1. The third kappa shape index (κ3) is 5.13. The van der Waals surface area contributed by atoms with E-state index in [0.717, 1.165) is 22.3 Å². The van der Waals surface area contributed by atoms with Crippen LogP contribution in [0, 0.1) is 6.92 Å². The summed E-state index contributed by atoms with van der Waals surface area (Å²) in [6.45, 7) is 4.48. The number of aromatic nitrogens is 1. The molecule has 5 rings (SSSR count). The van der Waals surface area contributed by atoms with E-state index in [9.17, 15) is 14.7 Å². The number of carbonyl (C=O) groups excluding carboxylic acids is 1. The summed E-state index contributed by atoms with van der Waals surface area (Å²) in [5.74, 6) is -0.388. The number of aryl methyl sites for hydroxylation is 1. The van der Waals surface area contributed by atoms with Gasteiger partial charge in [-0.05, 0) is 43.7 Å². The molecule has 2 N–H and O–H groups in total. The molecule has 39 heavy (non-hydrogen) atoms. The van der Waals surface area contributed by atoms with Gasteiger partial charge in [-0.15, -0.1) is 0 Å². The molecule has 1 unspecified atom stereocenters. The fourth-order valence-corrected chi connectivity index (χ4v) is 5.28. The van der Waals surface area contributed by atoms with Gasteiger partial charge in [0.25, 0.3) is 0 Å². The van der Waals surface area contributed by atoms with Gasteiger partial charge >= 0.3 is 12.1 Å². The van der Waals surface area contributed by atoms with Gasteiger partial charge in [0.05, 0.1) is 0 Å². The Morgan fingerprint density at radius 3 is 2.21 bits per heavy atom. The summed E-state index contributed by atoms with van der Waals surface area (Å²) in [4.78, 5) is 26.6. The topological polar surface area (TPSA) is 105 Å². The number of carboxylic acids is 1. The first-order valence-corrected chi connectivity index (χ1v) is 12.9. The van der Waals surface area contributed by atoms with Crippen molar-refractivity contribution in [3.8, 4) is 22.5 Å². The zero-order valence-corrected chi connectivity index (χ0v) is 22.5. The van der Waals surface area contributed by atoms with Crippen LogP contribution in [0.2, 0.25) is 5.02 Å². The van der Waals surface area contributed by atoms with Crippen molar-refractivity contribution in [1.29, 1.82) is 0 Å². The SMILES string of the molecule is Cc1noc(-c2ccc(-c3ccc(C4(C(=O)O)CN(C)C4)cc3)cc2)c1NC(=O)OC(C)c1ccccc1Cl. The lowest BCUT2D eigenvalue weighted by molar-refractivity contribution is -0.150. The molecule has 200 valence electrons. The van der Waals surface area contributed by atoms with Gasteiger partial charge < -0.3 is 19.3 Å². The molecule has 0 radical (unpaired) electrons. The number of hydrogen-bond acceptors (Lipinski definition) is 6. The second kappa shape index (κ2) is 10.6. The molecule has 0 saturated carbocycles. The van der Waals surface area contributed by atoms with Crippen LogP contribution in [0.15, 0.2) is 77.3 Å². The third-order valence-electron chi connectivity index (χ3n) is 7.12. The van der Waals surface area contributed by atoms with Crippen molar-refractivity contribution in [1.82, 2.24) is 10.1 Å². The molecule has 0 bridgehead atoms. The number of ether oxygens (including phenoxy) is 1. The third-order valence-corrected chi connectivity index (χ3v) is 7.47. The first-order chi connectivity index (χ1) is 18.7. The number of anilines is 1. The fraction of sp³-hybridized carbons (Fsp3) is 0.233. The average Bonchev–Trinajstić information content (AvgIpc) is 3.26. The minimum absolute atomic E-state index is 0.411. The van der Waals surface area contributed by atoms with Gasteiger partial charge in [0, 0.05) is 29.2 Å². The first-order valence-electron chi connectivity index (χ1n) is 12.5. The number of nitrogens with one attached hydrogen (secondary N) is 1. The number of amides is 1. The highest BCUT2D eigenvalue weighted by Gasteiger charge is 2.49. The summed E-state index contributed by atoms with van der Waals surface area (Å²) >= 11 is 6.23. The lowest BCUT2D eigenvalue weighted by Crippen LogP contribution is -2.61. The predicted molar refractivity (Wildman–Crippen MR) is 149 cm³/mol. The van der Waals surface area contributed by atoms with Crippen molar-refractivity contribution in [2.24, 2.45) is 0 Å². The van der Waals surface area contributed by atoms with E-state index in [-0.39, 0.29) is 0 Å². The number of nitrogens with zero attached hydrogens (tertiary/aromatic N) is 2. The molecule has 2 heterocycles. The molecular weight excluding hydrogens is 518 g/mol. The number of halogens is 1. The molecule has 4 aromatic rings. The number of rotatable bonds is 7. The lowest BCUT2D eigenvalue weighted by Gasteiger charge is -2.45. The standard InChI is InChI=1S/C30H28ClN3O5/c1-18-26(32-29(37)38-19(2)24-6-4-5-7-25(24)31)27(39-33-18)22-10-8-20(9-11-22)21-12-14-23(15-13-21)30(28(35)36)16-34(3)17-30/h4-15,19H,16-17H2,1-3H3,(H,32,37)(H,35,36). The molecule has 3 aromatic carbocycles. The zero-order chi connectivity index (χ0) is 27.7. The Hall–Kier alpha value is -4.14. The maximum atomic E-state index is 12.7. The quantitative estimate of drug-likeness (QED) is 0.271. The summed E-state index contributed by atoms with van der Waals surface area (Å²) in [7, 11) is 1.91. The average molecular weight is 546 g/mol. The van der Waals surface area contributed by atoms with E-state index in [1.54, 1.807) is 19.9 Å². The zero-order valence-electron chi connectivity index (χ0n) is 21.8. The second-order valence-electron chi connectivity index (χ2n) is 9.88. The molecule has 0 spiro atoms. The molecule has 1 saturated heterocycles. The Labute approximate surface area is 231 Å². The van der Waals surface area contributed by atoms with Gasteiger partial charge in [0.15, 0.2) is 5.76 Å². The number of carbonyl (C=O) groups is 2. The van der Waals surface area contributed by atoms with Gasteiger partial charge in [-0.3, -0.25) is 10.1 Å². The van der Waals surface area contributed by atoms with Gasteiger partial charge in [0.1, 0.15) is 22.9 Å². The lowest BCUT2D eigenvalue weighted by atomic mass is 9.74. The molecule has 1 fully saturated rings. The van der Waals surface area contributed by atoms with Crippen molar-refractivity contribution >= 4 is 29.4 Å². The van der Waals surface area contributed by atoms with Crippen molar-refractivity contribution in [3.05, 3.63) is 94.6 Å². The Balaban J connectivity index is 1.30. The maximum Gasteiger partial charge on any atom is 0.412 e. The van der Waals surface area contributed by atoms with Crippen LogP contribution in [0.3, 0.4) is 0 Å². The van der Waals surface area contributed by atoms with Crippen LogP contribution in [-0.4, -0.2) is 47.4 Å². The normalized spacial score (nSPS) is 15.3. The van der Waals surface area contributed by atoms with Crippen molar-refractivity contribution in [2.45, 2.75) is 25.4 Å². The van der Waals surface area contributed by atoms with E-state index in [1.165, 1.54) is 0 Å². The molecule has 1 aliphatic heterocycles. The van der Waals surface area contributed by atoms with E-state index < -0.39 is 23.6 Å². The van der Waals surface area contributed by atoms with E-state index in [1.807, 2.05) is 78.7 Å². The number of benzene rings is 3. The van der Waals surface area contributed by atoms with Crippen LogP contribution in [0.4, 0.5) is 10.5 Å². The second-order valence-corrected chi connectivity index (χ2v) is 10.3. The Morgan fingerprint density at radius 1 is 1.03 bits per heavy atom. The van der Waals surface area contributed by atoms with Gasteiger partial charge in [-0.25, -0.2) is 4.79 Å².